The SMILES string of the molecule is CCc1ccc(Cn2nccc2NC(=O)c2ccccc2F)cc1. The maximum absolute atomic E-state index is 13.7. The number of hydrogen-bond donors (Lipinski definition) is 1. The van der Waals surface area contributed by atoms with E-state index >= 15 is 0 Å². The second-order valence-corrected chi connectivity index (χ2v) is 5.48. The van der Waals surface area contributed by atoms with Gasteiger partial charge in [0.05, 0.1) is 18.3 Å². The van der Waals surface area contributed by atoms with Crippen molar-refractivity contribution >= 4 is 11.7 Å². The zero-order valence-electron chi connectivity index (χ0n) is 13.4. The van der Waals surface area contributed by atoms with Crippen LogP contribution < -0.4 is 5.32 Å². The largest absolute Gasteiger partial charge is 0.307 e. The lowest BCUT2D eigenvalue weighted by molar-refractivity contribution is 0.102. The summed E-state index contributed by atoms with van der Waals surface area (Å²) in [5.41, 5.74) is 2.36. The Bertz CT molecular complexity index is 840. The van der Waals surface area contributed by atoms with E-state index in [-0.39, 0.29) is 5.56 Å². The fourth-order valence-electron chi connectivity index (χ4n) is 2.45. The van der Waals surface area contributed by atoms with Crippen molar-refractivity contribution in [2.45, 2.75) is 19.9 Å². The zero-order valence-corrected chi connectivity index (χ0v) is 13.4. The molecule has 0 bridgehead atoms. The van der Waals surface area contributed by atoms with Crippen molar-refractivity contribution in [2.24, 2.45) is 0 Å². The maximum atomic E-state index is 13.7. The third-order valence-electron chi connectivity index (χ3n) is 3.84. The Kier molecular flexibility index (Phi) is 4.70. The minimum absolute atomic E-state index is 0.0116. The van der Waals surface area contributed by atoms with E-state index in [1.165, 1.54) is 17.7 Å². The van der Waals surface area contributed by atoms with Gasteiger partial charge < -0.3 is 5.32 Å². The van der Waals surface area contributed by atoms with E-state index in [9.17, 15) is 9.18 Å². The van der Waals surface area contributed by atoms with Crippen LogP contribution in [0.3, 0.4) is 0 Å². The van der Waals surface area contributed by atoms with Crippen LogP contribution in [-0.4, -0.2) is 15.7 Å². The average molecular weight is 323 g/mol. The van der Waals surface area contributed by atoms with Gasteiger partial charge in [0, 0.05) is 6.07 Å². The van der Waals surface area contributed by atoms with Gasteiger partial charge in [-0.05, 0) is 29.7 Å². The molecular formula is C19H18FN3O. The summed E-state index contributed by atoms with van der Waals surface area (Å²) >= 11 is 0. The van der Waals surface area contributed by atoms with Gasteiger partial charge in [-0.15, -0.1) is 0 Å². The average Bonchev–Trinajstić information content (AvgIpc) is 3.02. The van der Waals surface area contributed by atoms with Crippen molar-refractivity contribution in [3.63, 3.8) is 0 Å². The highest BCUT2D eigenvalue weighted by molar-refractivity contribution is 6.03. The molecule has 0 atom stereocenters. The normalized spacial score (nSPS) is 10.6. The molecule has 0 radical (unpaired) electrons. The number of nitrogens with one attached hydrogen (secondary N) is 1. The Hall–Kier alpha value is -2.95. The highest BCUT2D eigenvalue weighted by Gasteiger charge is 2.13. The van der Waals surface area contributed by atoms with Crippen molar-refractivity contribution in [3.8, 4) is 0 Å². The Balaban J connectivity index is 1.75. The maximum Gasteiger partial charge on any atom is 0.259 e. The molecule has 3 rings (SSSR count). The number of carbonyl (C=O) groups is 1. The molecule has 1 amide bonds. The van der Waals surface area contributed by atoms with E-state index in [1.54, 1.807) is 29.1 Å². The van der Waals surface area contributed by atoms with Crippen LogP contribution in [0, 0.1) is 5.82 Å². The van der Waals surface area contributed by atoms with Crippen LogP contribution >= 0.6 is 0 Å². The van der Waals surface area contributed by atoms with Crippen molar-refractivity contribution < 1.29 is 9.18 Å². The number of halogens is 1. The molecule has 0 spiro atoms. The third kappa shape index (κ3) is 3.51. The van der Waals surface area contributed by atoms with E-state index in [2.05, 4.69) is 29.5 Å². The third-order valence-corrected chi connectivity index (χ3v) is 3.84. The number of aromatic nitrogens is 2. The summed E-state index contributed by atoms with van der Waals surface area (Å²) in [6.45, 7) is 2.64. The number of carbonyl (C=O) groups excluding carboxylic acids is 1. The smallest absolute Gasteiger partial charge is 0.259 e. The van der Waals surface area contributed by atoms with Gasteiger partial charge in [-0.2, -0.15) is 5.10 Å². The number of benzene rings is 2. The lowest BCUT2D eigenvalue weighted by Gasteiger charge is -2.10. The minimum atomic E-state index is -0.545. The minimum Gasteiger partial charge on any atom is -0.307 e. The summed E-state index contributed by atoms with van der Waals surface area (Å²) in [7, 11) is 0. The fraction of sp³-hybridized carbons (Fsp3) is 0.158. The Morgan fingerprint density at radius 1 is 1.08 bits per heavy atom. The fourth-order valence-corrected chi connectivity index (χ4v) is 2.45. The van der Waals surface area contributed by atoms with Crippen LogP contribution in [0.2, 0.25) is 0 Å². The Morgan fingerprint density at radius 2 is 1.79 bits per heavy atom. The van der Waals surface area contributed by atoms with E-state index in [0.717, 1.165) is 12.0 Å². The first-order valence-corrected chi connectivity index (χ1v) is 7.83. The Morgan fingerprint density at radius 3 is 2.50 bits per heavy atom. The summed E-state index contributed by atoms with van der Waals surface area (Å²) in [4.78, 5) is 12.2. The van der Waals surface area contributed by atoms with Crippen molar-refractivity contribution in [1.29, 1.82) is 0 Å². The predicted molar refractivity (Wildman–Crippen MR) is 91.5 cm³/mol. The molecule has 24 heavy (non-hydrogen) atoms. The zero-order chi connectivity index (χ0) is 16.9. The van der Waals surface area contributed by atoms with Gasteiger partial charge in [0.15, 0.2) is 0 Å². The molecule has 122 valence electrons. The van der Waals surface area contributed by atoms with Crippen LogP contribution in [0.25, 0.3) is 0 Å². The van der Waals surface area contributed by atoms with Gasteiger partial charge in [-0.3, -0.25) is 4.79 Å². The van der Waals surface area contributed by atoms with E-state index in [4.69, 9.17) is 0 Å². The van der Waals surface area contributed by atoms with Crippen molar-refractivity contribution in [3.05, 3.63) is 83.3 Å². The van der Waals surface area contributed by atoms with Gasteiger partial charge in [0.25, 0.3) is 5.91 Å². The van der Waals surface area contributed by atoms with Gasteiger partial charge in [0.1, 0.15) is 11.6 Å². The number of rotatable bonds is 5. The molecule has 1 N–H and O–H groups in total. The van der Waals surface area contributed by atoms with Crippen molar-refractivity contribution in [2.75, 3.05) is 5.32 Å². The van der Waals surface area contributed by atoms with Crippen LogP contribution in [0.5, 0.6) is 0 Å². The molecule has 0 saturated carbocycles. The van der Waals surface area contributed by atoms with Crippen LogP contribution in [0.1, 0.15) is 28.4 Å². The van der Waals surface area contributed by atoms with Gasteiger partial charge in [-0.25, -0.2) is 9.07 Å². The molecule has 1 heterocycles. The van der Waals surface area contributed by atoms with Crippen LogP contribution in [0.4, 0.5) is 10.2 Å². The number of aryl methyl sites for hydroxylation is 1. The van der Waals surface area contributed by atoms with Gasteiger partial charge in [0.2, 0.25) is 0 Å². The molecule has 0 aliphatic rings. The summed E-state index contributed by atoms with van der Waals surface area (Å²) in [6.07, 6.45) is 2.60. The second kappa shape index (κ2) is 7.08. The summed E-state index contributed by atoms with van der Waals surface area (Å²) in [5, 5.41) is 6.94. The standard InChI is InChI=1S/C19H18FN3O/c1-2-14-7-9-15(10-8-14)13-23-18(11-12-21-23)22-19(24)16-5-3-4-6-17(16)20/h3-12H,2,13H2,1H3,(H,22,24). The molecule has 0 fully saturated rings. The van der Waals surface area contributed by atoms with E-state index in [1.807, 2.05) is 12.1 Å². The molecule has 0 aliphatic carbocycles. The highest BCUT2D eigenvalue weighted by atomic mass is 19.1. The molecule has 0 saturated heterocycles. The van der Waals surface area contributed by atoms with E-state index < -0.39 is 11.7 Å². The summed E-state index contributed by atoms with van der Waals surface area (Å²) < 4.78 is 15.4. The molecule has 5 heteroatoms. The molecule has 0 unspecified atom stereocenters. The number of hydrogen-bond acceptors (Lipinski definition) is 2. The molecule has 4 nitrogen and oxygen atoms in total. The first-order chi connectivity index (χ1) is 11.7. The molecule has 1 aromatic heterocycles. The van der Waals surface area contributed by atoms with Crippen molar-refractivity contribution in [1.82, 2.24) is 9.78 Å². The molecule has 0 aliphatic heterocycles. The lowest BCUT2D eigenvalue weighted by Crippen LogP contribution is -2.17. The summed E-state index contributed by atoms with van der Waals surface area (Å²) in [6, 6.07) is 15.8. The first kappa shape index (κ1) is 15.9. The van der Waals surface area contributed by atoms with Gasteiger partial charge >= 0.3 is 0 Å². The van der Waals surface area contributed by atoms with Crippen LogP contribution in [-0.2, 0) is 13.0 Å². The van der Waals surface area contributed by atoms with Gasteiger partial charge in [-0.1, -0.05) is 43.3 Å². The highest BCUT2D eigenvalue weighted by Crippen LogP contribution is 2.14. The quantitative estimate of drug-likeness (QED) is 0.774. The predicted octanol–water partition coefficient (Wildman–Crippen LogP) is 3.89. The lowest BCUT2D eigenvalue weighted by atomic mass is 10.1. The second-order valence-electron chi connectivity index (χ2n) is 5.48. The summed E-state index contributed by atoms with van der Waals surface area (Å²) in [5.74, 6) is -0.504. The Labute approximate surface area is 139 Å². The molecule has 2 aromatic carbocycles. The van der Waals surface area contributed by atoms with E-state index in [0.29, 0.717) is 12.4 Å². The number of amides is 1. The van der Waals surface area contributed by atoms with Crippen LogP contribution in [0.15, 0.2) is 60.8 Å². The monoisotopic (exact) mass is 323 g/mol. The molecular weight excluding hydrogens is 305 g/mol. The topological polar surface area (TPSA) is 46.9 Å². The number of anilines is 1. The molecule has 3 aromatic rings. The number of nitrogens with zero attached hydrogens (tertiary/aromatic N) is 2. The first-order valence-electron chi connectivity index (χ1n) is 7.83.